The number of ether oxygens (including phenoxy) is 1. The van der Waals surface area contributed by atoms with Crippen molar-refractivity contribution in [1.82, 2.24) is 0 Å². The van der Waals surface area contributed by atoms with Crippen LogP contribution in [0.15, 0.2) is 24.3 Å². The first kappa shape index (κ1) is 13.9. The van der Waals surface area contributed by atoms with Gasteiger partial charge in [0.1, 0.15) is 0 Å². The number of hydrogen-bond donors (Lipinski definition) is 2. The Kier molecular flexibility index (Phi) is 4.80. The highest BCUT2D eigenvalue weighted by molar-refractivity contribution is 5.90. The molecule has 1 aliphatic rings. The molecule has 1 aromatic carbocycles. The monoisotopic (exact) mass is 263 g/mol. The molecule has 1 saturated carbocycles. The third-order valence-electron chi connectivity index (χ3n) is 3.69. The first-order valence-electron chi connectivity index (χ1n) is 6.79. The van der Waals surface area contributed by atoms with Gasteiger partial charge in [-0.05, 0) is 49.8 Å². The minimum atomic E-state index is -0.315. The van der Waals surface area contributed by atoms with Gasteiger partial charge in [0.25, 0.3) is 0 Å². The van der Waals surface area contributed by atoms with E-state index in [9.17, 15) is 9.90 Å². The predicted octanol–water partition coefficient (Wildman–Crippen LogP) is 2.44. The number of hydrogen-bond acceptors (Lipinski definition) is 4. The fraction of sp³-hybridized carbons (Fsp3) is 0.533. The molecule has 1 fully saturated rings. The van der Waals surface area contributed by atoms with E-state index >= 15 is 0 Å². The van der Waals surface area contributed by atoms with E-state index in [1.54, 1.807) is 6.07 Å². The summed E-state index contributed by atoms with van der Waals surface area (Å²) in [6, 6.07) is 7.35. The molecule has 4 heteroatoms. The van der Waals surface area contributed by atoms with Crippen LogP contribution in [-0.2, 0) is 4.74 Å². The highest BCUT2D eigenvalue weighted by Gasteiger charge is 2.19. The molecule has 0 radical (unpaired) electrons. The molecule has 0 atom stereocenters. The summed E-state index contributed by atoms with van der Waals surface area (Å²) in [5.41, 5.74) is 1.50. The zero-order valence-electron chi connectivity index (χ0n) is 11.3. The Labute approximate surface area is 113 Å². The zero-order valence-corrected chi connectivity index (χ0v) is 11.3. The van der Waals surface area contributed by atoms with Crippen LogP contribution < -0.4 is 5.32 Å². The lowest BCUT2D eigenvalue weighted by atomic mass is 9.87. The van der Waals surface area contributed by atoms with Gasteiger partial charge in [-0.3, -0.25) is 0 Å². The molecule has 2 rings (SSSR count). The Hall–Kier alpha value is -1.55. The van der Waals surface area contributed by atoms with Crippen LogP contribution in [0.5, 0.6) is 0 Å². The van der Waals surface area contributed by atoms with Crippen LogP contribution in [0, 0.1) is 5.92 Å². The lowest BCUT2D eigenvalue weighted by molar-refractivity contribution is 0.0600. The number of methoxy groups -OCH3 is 1. The van der Waals surface area contributed by atoms with Gasteiger partial charge in [-0.1, -0.05) is 6.07 Å². The van der Waals surface area contributed by atoms with Gasteiger partial charge in [0.15, 0.2) is 0 Å². The number of nitrogens with one attached hydrogen (secondary N) is 1. The molecule has 19 heavy (non-hydrogen) atoms. The van der Waals surface area contributed by atoms with Crippen LogP contribution in [0.4, 0.5) is 5.69 Å². The molecule has 0 aliphatic heterocycles. The second-order valence-corrected chi connectivity index (χ2v) is 5.13. The molecular formula is C15H21NO3. The molecule has 0 heterocycles. The van der Waals surface area contributed by atoms with E-state index in [2.05, 4.69) is 5.32 Å². The number of aliphatic hydroxyl groups is 1. The fourth-order valence-electron chi connectivity index (χ4n) is 2.49. The van der Waals surface area contributed by atoms with Crippen molar-refractivity contribution in [3.8, 4) is 0 Å². The van der Waals surface area contributed by atoms with Crippen molar-refractivity contribution >= 4 is 11.7 Å². The zero-order chi connectivity index (χ0) is 13.7. The quantitative estimate of drug-likeness (QED) is 0.819. The van der Waals surface area contributed by atoms with Gasteiger partial charge in [0.2, 0.25) is 0 Å². The van der Waals surface area contributed by atoms with Gasteiger partial charge < -0.3 is 15.2 Å². The summed E-state index contributed by atoms with van der Waals surface area (Å²) in [4.78, 5) is 11.4. The molecule has 0 unspecified atom stereocenters. The van der Waals surface area contributed by atoms with Crippen molar-refractivity contribution in [3.63, 3.8) is 0 Å². The Morgan fingerprint density at radius 2 is 2.11 bits per heavy atom. The smallest absolute Gasteiger partial charge is 0.337 e. The first-order valence-corrected chi connectivity index (χ1v) is 6.79. The predicted molar refractivity (Wildman–Crippen MR) is 74.2 cm³/mol. The number of rotatable bonds is 4. The van der Waals surface area contributed by atoms with Crippen LogP contribution in [0.2, 0.25) is 0 Å². The Morgan fingerprint density at radius 1 is 1.37 bits per heavy atom. The standard InChI is InChI=1S/C15H21NO3/c1-19-15(18)12-3-2-4-13(9-12)16-10-11-5-7-14(17)8-6-11/h2-4,9,11,14,16-17H,5-8,10H2,1H3. The van der Waals surface area contributed by atoms with Crippen LogP contribution >= 0.6 is 0 Å². The summed E-state index contributed by atoms with van der Waals surface area (Å²) in [6.07, 6.45) is 3.80. The van der Waals surface area contributed by atoms with E-state index in [4.69, 9.17) is 4.74 Å². The van der Waals surface area contributed by atoms with E-state index < -0.39 is 0 Å². The van der Waals surface area contributed by atoms with Crippen LogP contribution in [0.1, 0.15) is 36.0 Å². The largest absolute Gasteiger partial charge is 0.465 e. The molecule has 1 aliphatic carbocycles. The minimum absolute atomic E-state index is 0.112. The lowest BCUT2D eigenvalue weighted by Gasteiger charge is -2.25. The second kappa shape index (κ2) is 6.57. The molecule has 4 nitrogen and oxygen atoms in total. The van der Waals surface area contributed by atoms with Gasteiger partial charge in [-0.25, -0.2) is 4.79 Å². The second-order valence-electron chi connectivity index (χ2n) is 5.13. The average Bonchev–Trinajstić information content (AvgIpc) is 2.46. The Morgan fingerprint density at radius 3 is 2.79 bits per heavy atom. The first-order chi connectivity index (χ1) is 9.19. The maximum absolute atomic E-state index is 11.4. The molecule has 2 N–H and O–H groups in total. The van der Waals surface area contributed by atoms with Crippen molar-refractivity contribution < 1.29 is 14.6 Å². The molecule has 1 aromatic rings. The van der Waals surface area contributed by atoms with Crippen molar-refractivity contribution in [2.45, 2.75) is 31.8 Å². The summed E-state index contributed by atoms with van der Waals surface area (Å²) < 4.78 is 4.70. The van der Waals surface area contributed by atoms with E-state index in [1.807, 2.05) is 18.2 Å². The number of esters is 1. The molecule has 0 aromatic heterocycles. The van der Waals surface area contributed by atoms with E-state index in [0.717, 1.165) is 37.9 Å². The summed E-state index contributed by atoms with van der Waals surface area (Å²) in [7, 11) is 1.38. The maximum Gasteiger partial charge on any atom is 0.337 e. The van der Waals surface area contributed by atoms with Crippen molar-refractivity contribution in [1.29, 1.82) is 0 Å². The van der Waals surface area contributed by atoms with Crippen LogP contribution in [0.25, 0.3) is 0 Å². The van der Waals surface area contributed by atoms with Gasteiger partial charge in [0, 0.05) is 12.2 Å². The minimum Gasteiger partial charge on any atom is -0.465 e. The Balaban J connectivity index is 1.87. The average molecular weight is 263 g/mol. The molecule has 104 valence electrons. The third kappa shape index (κ3) is 3.96. The summed E-state index contributed by atoms with van der Waals surface area (Å²) in [5.74, 6) is 0.287. The van der Waals surface area contributed by atoms with Gasteiger partial charge >= 0.3 is 5.97 Å². The molecule has 0 bridgehead atoms. The summed E-state index contributed by atoms with van der Waals surface area (Å²) >= 11 is 0. The van der Waals surface area contributed by atoms with Gasteiger partial charge in [-0.15, -0.1) is 0 Å². The molecular weight excluding hydrogens is 242 g/mol. The number of aliphatic hydroxyl groups excluding tert-OH is 1. The molecule has 0 amide bonds. The summed E-state index contributed by atoms with van der Waals surface area (Å²) in [6.45, 7) is 0.886. The summed E-state index contributed by atoms with van der Waals surface area (Å²) in [5, 5.41) is 12.8. The molecule has 0 spiro atoms. The van der Waals surface area contributed by atoms with Gasteiger partial charge in [0.05, 0.1) is 18.8 Å². The highest BCUT2D eigenvalue weighted by Crippen LogP contribution is 2.24. The number of carbonyl (C=O) groups excluding carboxylic acids is 1. The maximum atomic E-state index is 11.4. The number of anilines is 1. The van der Waals surface area contributed by atoms with Crippen LogP contribution in [0.3, 0.4) is 0 Å². The van der Waals surface area contributed by atoms with E-state index in [0.29, 0.717) is 11.5 Å². The fourth-order valence-corrected chi connectivity index (χ4v) is 2.49. The lowest BCUT2D eigenvalue weighted by Crippen LogP contribution is -2.23. The van der Waals surface area contributed by atoms with E-state index in [-0.39, 0.29) is 12.1 Å². The number of carbonyl (C=O) groups is 1. The SMILES string of the molecule is COC(=O)c1cccc(NCC2CCC(O)CC2)c1. The topological polar surface area (TPSA) is 58.6 Å². The van der Waals surface area contributed by atoms with Crippen LogP contribution in [-0.4, -0.2) is 30.8 Å². The molecule has 0 saturated heterocycles. The number of benzene rings is 1. The Bertz CT molecular complexity index is 425. The van der Waals surface area contributed by atoms with Crippen molar-refractivity contribution in [3.05, 3.63) is 29.8 Å². The highest BCUT2D eigenvalue weighted by atomic mass is 16.5. The van der Waals surface area contributed by atoms with Crippen molar-refractivity contribution in [2.24, 2.45) is 5.92 Å². The third-order valence-corrected chi connectivity index (χ3v) is 3.69. The van der Waals surface area contributed by atoms with E-state index in [1.165, 1.54) is 7.11 Å². The van der Waals surface area contributed by atoms with Crippen molar-refractivity contribution in [2.75, 3.05) is 19.0 Å². The van der Waals surface area contributed by atoms with Gasteiger partial charge in [-0.2, -0.15) is 0 Å². The normalized spacial score (nSPS) is 22.8.